The van der Waals surface area contributed by atoms with Crippen LogP contribution in [0.4, 0.5) is 0 Å². The number of methoxy groups -OCH3 is 1. The molecule has 0 N–H and O–H groups in total. The highest BCUT2D eigenvalue weighted by Gasteiger charge is 2.04. The Balaban J connectivity index is 2.41. The molecule has 0 amide bonds. The zero-order valence-electron chi connectivity index (χ0n) is 8.01. The first-order valence-corrected chi connectivity index (χ1v) is 4.16. The van der Waals surface area contributed by atoms with Crippen LogP contribution in [-0.4, -0.2) is 26.9 Å². The predicted octanol–water partition coefficient (Wildman–Crippen LogP) is 0.886. The van der Waals surface area contributed by atoms with Crippen LogP contribution in [0.2, 0.25) is 0 Å². The van der Waals surface area contributed by atoms with Gasteiger partial charge in [-0.2, -0.15) is 10.1 Å². The monoisotopic (exact) mass is 190 g/mol. The van der Waals surface area contributed by atoms with Gasteiger partial charge < -0.3 is 4.74 Å². The lowest BCUT2D eigenvalue weighted by molar-refractivity contribution is 0.397. The normalized spacial score (nSPS) is 10.1. The summed E-state index contributed by atoms with van der Waals surface area (Å²) in [4.78, 5) is 8.27. The summed E-state index contributed by atoms with van der Waals surface area (Å²) in [5.74, 6) is 1.12. The summed E-state index contributed by atoms with van der Waals surface area (Å²) in [7, 11) is 3.42. The zero-order valence-corrected chi connectivity index (χ0v) is 8.01. The van der Waals surface area contributed by atoms with E-state index in [0.29, 0.717) is 11.7 Å². The maximum Gasteiger partial charge on any atom is 0.216 e. The molecule has 0 spiro atoms. The predicted molar refractivity (Wildman–Crippen MR) is 50.8 cm³/mol. The first kappa shape index (κ1) is 8.68. The Hall–Kier alpha value is -1.91. The van der Waals surface area contributed by atoms with Crippen LogP contribution in [0, 0.1) is 0 Å². The van der Waals surface area contributed by atoms with Crippen LogP contribution in [0.1, 0.15) is 0 Å². The molecule has 0 aliphatic rings. The second-order valence-corrected chi connectivity index (χ2v) is 2.80. The Bertz CT molecular complexity index is 438. The van der Waals surface area contributed by atoms with Crippen LogP contribution in [0.3, 0.4) is 0 Å². The van der Waals surface area contributed by atoms with E-state index < -0.39 is 0 Å². The van der Waals surface area contributed by atoms with Crippen LogP contribution in [0.15, 0.2) is 24.5 Å². The van der Waals surface area contributed by atoms with Crippen LogP contribution in [-0.2, 0) is 7.05 Å². The summed E-state index contributed by atoms with van der Waals surface area (Å²) in [6.45, 7) is 0. The fourth-order valence-electron chi connectivity index (χ4n) is 1.11. The second-order valence-electron chi connectivity index (χ2n) is 2.80. The molecule has 0 fully saturated rings. The molecule has 2 aromatic rings. The van der Waals surface area contributed by atoms with E-state index in [1.807, 2.05) is 19.3 Å². The molecule has 0 aliphatic heterocycles. The molecule has 14 heavy (non-hydrogen) atoms. The summed E-state index contributed by atoms with van der Waals surface area (Å²) in [5, 5.41) is 4.19. The molecule has 0 aliphatic carbocycles. The molecule has 0 bridgehead atoms. The molecule has 5 nitrogen and oxygen atoms in total. The van der Waals surface area contributed by atoms with Gasteiger partial charge in [0.1, 0.15) is 5.69 Å². The first-order valence-electron chi connectivity index (χ1n) is 4.16. The Morgan fingerprint density at radius 3 is 2.86 bits per heavy atom. The average Bonchev–Trinajstić information content (AvgIpc) is 2.65. The molecule has 0 aromatic carbocycles. The van der Waals surface area contributed by atoms with Crippen LogP contribution in [0.5, 0.6) is 5.88 Å². The third kappa shape index (κ3) is 1.56. The van der Waals surface area contributed by atoms with Crippen molar-refractivity contribution in [2.24, 2.45) is 7.05 Å². The molecule has 2 rings (SSSR count). The lowest BCUT2D eigenvalue weighted by atomic mass is 10.4. The van der Waals surface area contributed by atoms with Crippen molar-refractivity contribution in [3.05, 3.63) is 24.5 Å². The van der Waals surface area contributed by atoms with E-state index in [4.69, 9.17) is 4.74 Å². The van der Waals surface area contributed by atoms with Crippen molar-refractivity contribution in [3.63, 3.8) is 0 Å². The van der Waals surface area contributed by atoms with Crippen molar-refractivity contribution in [1.29, 1.82) is 0 Å². The van der Waals surface area contributed by atoms with Gasteiger partial charge >= 0.3 is 0 Å². The van der Waals surface area contributed by atoms with E-state index in [-0.39, 0.29) is 0 Å². The lowest BCUT2D eigenvalue weighted by Crippen LogP contribution is -1.94. The van der Waals surface area contributed by atoms with Gasteiger partial charge in [0.25, 0.3) is 0 Å². The molecule has 2 heterocycles. The second kappa shape index (κ2) is 3.45. The Labute approximate surface area is 81.4 Å². The molecule has 0 unspecified atom stereocenters. The number of aromatic nitrogens is 4. The number of hydrogen-bond acceptors (Lipinski definition) is 4. The van der Waals surface area contributed by atoms with Crippen molar-refractivity contribution >= 4 is 0 Å². The van der Waals surface area contributed by atoms with E-state index in [0.717, 1.165) is 5.69 Å². The molecule has 72 valence electrons. The van der Waals surface area contributed by atoms with Crippen molar-refractivity contribution < 1.29 is 4.74 Å². The standard InChI is InChI=1S/C9H10N4O/c1-13-6-4-7(12-13)9-10-5-3-8(11-9)14-2/h3-6H,1-2H3. The van der Waals surface area contributed by atoms with E-state index in [9.17, 15) is 0 Å². The van der Waals surface area contributed by atoms with Gasteiger partial charge in [0, 0.05) is 25.5 Å². The highest BCUT2D eigenvalue weighted by Crippen LogP contribution is 2.13. The molecular formula is C9H10N4O. The molecule has 0 saturated heterocycles. The van der Waals surface area contributed by atoms with Gasteiger partial charge in [0.15, 0.2) is 5.82 Å². The molecule has 0 radical (unpaired) electrons. The highest BCUT2D eigenvalue weighted by atomic mass is 16.5. The topological polar surface area (TPSA) is 52.8 Å². The van der Waals surface area contributed by atoms with Crippen LogP contribution < -0.4 is 4.74 Å². The van der Waals surface area contributed by atoms with Gasteiger partial charge in [0.05, 0.1) is 7.11 Å². The quantitative estimate of drug-likeness (QED) is 0.705. The summed E-state index contributed by atoms with van der Waals surface area (Å²) >= 11 is 0. The van der Waals surface area contributed by atoms with E-state index in [1.165, 1.54) is 0 Å². The molecule has 0 saturated carbocycles. The number of aryl methyl sites for hydroxylation is 1. The SMILES string of the molecule is COc1ccnc(-c2ccn(C)n2)n1. The Morgan fingerprint density at radius 2 is 2.21 bits per heavy atom. The van der Waals surface area contributed by atoms with E-state index in [2.05, 4.69) is 15.1 Å². The van der Waals surface area contributed by atoms with Gasteiger partial charge in [-0.15, -0.1) is 0 Å². The molecule has 5 heteroatoms. The first-order chi connectivity index (χ1) is 6.79. The van der Waals surface area contributed by atoms with E-state index >= 15 is 0 Å². The van der Waals surface area contributed by atoms with Crippen molar-refractivity contribution in [2.45, 2.75) is 0 Å². The summed E-state index contributed by atoms with van der Waals surface area (Å²) in [5.41, 5.74) is 0.742. The molecular weight excluding hydrogens is 180 g/mol. The third-order valence-corrected chi connectivity index (χ3v) is 1.78. The van der Waals surface area contributed by atoms with Gasteiger partial charge in [0.2, 0.25) is 5.88 Å². The average molecular weight is 190 g/mol. The summed E-state index contributed by atoms with van der Waals surface area (Å²) < 4.78 is 6.70. The largest absolute Gasteiger partial charge is 0.481 e. The third-order valence-electron chi connectivity index (χ3n) is 1.78. The Kier molecular flexibility index (Phi) is 2.14. The van der Waals surface area contributed by atoms with E-state index in [1.54, 1.807) is 24.1 Å². The minimum Gasteiger partial charge on any atom is -0.481 e. The maximum atomic E-state index is 5.00. The minimum absolute atomic E-state index is 0.542. The number of nitrogens with zero attached hydrogens (tertiary/aromatic N) is 4. The zero-order chi connectivity index (χ0) is 9.97. The fraction of sp³-hybridized carbons (Fsp3) is 0.222. The smallest absolute Gasteiger partial charge is 0.216 e. The maximum absolute atomic E-state index is 5.00. The number of hydrogen-bond donors (Lipinski definition) is 0. The van der Waals surface area contributed by atoms with Crippen molar-refractivity contribution in [3.8, 4) is 17.4 Å². The van der Waals surface area contributed by atoms with Gasteiger partial charge in [-0.3, -0.25) is 4.68 Å². The van der Waals surface area contributed by atoms with Crippen LogP contribution in [0.25, 0.3) is 11.5 Å². The molecule has 0 atom stereocenters. The lowest BCUT2D eigenvalue weighted by Gasteiger charge is -1.98. The minimum atomic E-state index is 0.542. The summed E-state index contributed by atoms with van der Waals surface area (Å²) in [6, 6.07) is 3.56. The fourth-order valence-corrected chi connectivity index (χ4v) is 1.11. The van der Waals surface area contributed by atoms with Gasteiger partial charge in [-0.1, -0.05) is 0 Å². The molecule has 2 aromatic heterocycles. The van der Waals surface area contributed by atoms with Gasteiger partial charge in [-0.25, -0.2) is 4.98 Å². The van der Waals surface area contributed by atoms with Crippen molar-refractivity contribution in [1.82, 2.24) is 19.7 Å². The van der Waals surface area contributed by atoms with Crippen molar-refractivity contribution in [2.75, 3.05) is 7.11 Å². The Morgan fingerprint density at radius 1 is 1.36 bits per heavy atom. The van der Waals surface area contributed by atoms with Crippen LogP contribution >= 0.6 is 0 Å². The summed E-state index contributed by atoms with van der Waals surface area (Å²) in [6.07, 6.45) is 3.49. The number of ether oxygens (including phenoxy) is 1. The highest BCUT2D eigenvalue weighted by molar-refractivity contribution is 5.48. The van der Waals surface area contributed by atoms with Gasteiger partial charge in [-0.05, 0) is 6.07 Å². The number of rotatable bonds is 2.